The second-order valence-corrected chi connectivity index (χ2v) is 7.47. The summed E-state index contributed by atoms with van der Waals surface area (Å²) in [5.41, 5.74) is 3.05. The zero-order chi connectivity index (χ0) is 15.3. The van der Waals surface area contributed by atoms with Gasteiger partial charge in [-0.2, -0.15) is 0 Å². The topological polar surface area (TPSA) is 55.4 Å². The molecule has 0 aliphatic carbocycles. The molecule has 4 nitrogen and oxygen atoms in total. The number of hydrogen-bond acceptors (Lipinski definition) is 4. The minimum atomic E-state index is -3.04. The highest BCUT2D eigenvalue weighted by molar-refractivity contribution is 7.90. The van der Waals surface area contributed by atoms with Crippen LogP contribution in [-0.2, 0) is 9.84 Å². The van der Waals surface area contributed by atoms with Crippen LogP contribution in [0.25, 0.3) is 0 Å². The normalized spacial score (nSPS) is 13.2. The van der Waals surface area contributed by atoms with Crippen molar-refractivity contribution >= 4 is 9.84 Å². The van der Waals surface area contributed by atoms with Crippen LogP contribution >= 0.6 is 0 Å². The molecule has 0 saturated carbocycles. The molecule has 114 valence electrons. The molecule has 0 radical (unpaired) electrons. The van der Waals surface area contributed by atoms with Gasteiger partial charge in [0.1, 0.15) is 15.6 Å². The summed E-state index contributed by atoms with van der Waals surface area (Å²) in [5, 5.41) is 3.31. The Morgan fingerprint density at radius 2 is 1.80 bits per heavy atom. The van der Waals surface area contributed by atoms with Crippen LogP contribution < -0.4 is 10.1 Å². The van der Waals surface area contributed by atoms with Crippen molar-refractivity contribution in [1.82, 2.24) is 5.32 Å². The van der Waals surface area contributed by atoms with E-state index in [0.717, 1.165) is 35.4 Å². The van der Waals surface area contributed by atoms with E-state index in [-0.39, 0.29) is 11.8 Å². The van der Waals surface area contributed by atoms with Crippen LogP contribution in [0.5, 0.6) is 5.75 Å². The molecule has 1 N–H and O–H groups in total. The molecular weight excluding hydrogens is 274 g/mol. The first kappa shape index (κ1) is 17.0. The summed E-state index contributed by atoms with van der Waals surface area (Å²) in [7, 11) is -1.39. The highest BCUT2D eigenvalue weighted by atomic mass is 32.2. The summed E-state index contributed by atoms with van der Waals surface area (Å²) >= 11 is 0. The molecule has 0 spiro atoms. The van der Waals surface area contributed by atoms with Gasteiger partial charge in [-0.05, 0) is 43.5 Å². The Kier molecular flexibility index (Phi) is 6.02. The summed E-state index contributed by atoms with van der Waals surface area (Å²) in [6.07, 6.45) is 2.24. The van der Waals surface area contributed by atoms with Gasteiger partial charge in [-0.1, -0.05) is 19.1 Å². The number of hydrogen-bond donors (Lipinski definition) is 1. The largest absolute Gasteiger partial charge is 0.496 e. The molecule has 0 heterocycles. The Labute approximate surface area is 122 Å². The smallest absolute Gasteiger partial charge is 0.149 e. The lowest BCUT2D eigenvalue weighted by Crippen LogP contribution is -2.28. The average molecular weight is 299 g/mol. The first-order valence-electron chi connectivity index (χ1n) is 6.84. The van der Waals surface area contributed by atoms with Gasteiger partial charge in [-0.25, -0.2) is 8.42 Å². The van der Waals surface area contributed by atoms with E-state index in [0.29, 0.717) is 0 Å². The fourth-order valence-corrected chi connectivity index (χ4v) is 3.32. The van der Waals surface area contributed by atoms with Gasteiger partial charge in [0.25, 0.3) is 0 Å². The molecule has 0 fully saturated rings. The van der Waals surface area contributed by atoms with Crippen LogP contribution in [-0.4, -0.2) is 34.1 Å². The zero-order valence-corrected chi connectivity index (χ0v) is 13.8. The molecule has 1 unspecified atom stereocenters. The van der Waals surface area contributed by atoms with Crippen molar-refractivity contribution in [3.8, 4) is 5.75 Å². The number of aryl methyl sites for hydroxylation is 2. The standard InChI is InChI=1S/C15H25NO3S/c1-6-7-16-14(10-20(5,17)18)13-8-11(2)15(19-4)12(3)9-13/h8-9,14,16H,6-7,10H2,1-5H3. The summed E-state index contributed by atoms with van der Waals surface area (Å²) in [5.74, 6) is 0.973. The molecular formula is C15H25NO3S. The summed E-state index contributed by atoms with van der Waals surface area (Å²) in [6, 6.07) is 3.84. The predicted molar refractivity (Wildman–Crippen MR) is 83.2 cm³/mol. The van der Waals surface area contributed by atoms with Crippen LogP contribution in [0, 0.1) is 13.8 Å². The van der Waals surface area contributed by atoms with E-state index in [4.69, 9.17) is 4.74 Å². The van der Waals surface area contributed by atoms with E-state index in [1.165, 1.54) is 6.26 Å². The molecule has 0 aliphatic rings. The SMILES string of the molecule is CCCNC(CS(C)(=O)=O)c1cc(C)c(OC)c(C)c1. The van der Waals surface area contributed by atoms with E-state index in [1.54, 1.807) is 7.11 Å². The lowest BCUT2D eigenvalue weighted by Gasteiger charge is -2.20. The minimum Gasteiger partial charge on any atom is -0.496 e. The Morgan fingerprint density at radius 1 is 1.25 bits per heavy atom. The number of methoxy groups -OCH3 is 1. The van der Waals surface area contributed by atoms with Crippen LogP contribution in [0.4, 0.5) is 0 Å². The van der Waals surface area contributed by atoms with E-state index < -0.39 is 9.84 Å². The van der Waals surface area contributed by atoms with E-state index in [9.17, 15) is 8.42 Å². The van der Waals surface area contributed by atoms with Gasteiger partial charge >= 0.3 is 0 Å². The Hall–Kier alpha value is -1.07. The van der Waals surface area contributed by atoms with Gasteiger partial charge in [-0.3, -0.25) is 0 Å². The fourth-order valence-electron chi connectivity index (χ4n) is 2.40. The van der Waals surface area contributed by atoms with Crippen molar-refractivity contribution in [2.75, 3.05) is 25.7 Å². The maximum Gasteiger partial charge on any atom is 0.149 e. The van der Waals surface area contributed by atoms with Crippen LogP contribution in [0.3, 0.4) is 0 Å². The number of nitrogens with one attached hydrogen (secondary N) is 1. The van der Waals surface area contributed by atoms with Gasteiger partial charge < -0.3 is 10.1 Å². The molecule has 0 aromatic heterocycles. The van der Waals surface area contributed by atoms with Gasteiger partial charge in [0.15, 0.2) is 0 Å². The highest BCUT2D eigenvalue weighted by Gasteiger charge is 2.18. The minimum absolute atomic E-state index is 0.109. The Morgan fingerprint density at radius 3 is 2.20 bits per heavy atom. The highest BCUT2D eigenvalue weighted by Crippen LogP contribution is 2.27. The molecule has 20 heavy (non-hydrogen) atoms. The Balaban J connectivity index is 3.13. The number of sulfone groups is 1. The average Bonchev–Trinajstić information content (AvgIpc) is 2.32. The van der Waals surface area contributed by atoms with Crippen LogP contribution in [0.15, 0.2) is 12.1 Å². The summed E-state index contributed by atoms with van der Waals surface area (Å²) < 4.78 is 28.6. The second kappa shape index (κ2) is 7.09. The molecule has 1 aromatic carbocycles. The fraction of sp³-hybridized carbons (Fsp3) is 0.600. The van der Waals surface area contributed by atoms with Gasteiger partial charge in [0.2, 0.25) is 0 Å². The maximum absolute atomic E-state index is 11.6. The third-order valence-corrected chi connectivity index (χ3v) is 4.14. The monoisotopic (exact) mass is 299 g/mol. The third kappa shape index (κ3) is 4.80. The quantitative estimate of drug-likeness (QED) is 0.840. The van der Waals surface area contributed by atoms with Crippen molar-refractivity contribution in [3.63, 3.8) is 0 Å². The molecule has 1 aromatic rings. The first-order chi connectivity index (χ1) is 9.28. The van der Waals surface area contributed by atoms with Crippen molar-refractivity contribution < 1.29 is 13.2 Å². The Bertz CT molecular complexity index is 529. The van der Waals surface area contributed by atoms with Crippen LogP contribution in [0.1, 0.15) is 36.1 Å². The second-order valence-electron chi connectivity index (χ2n) is 5.29. The molecule has 0 bridgehead atoms. The molecule has 0 aliphatic heterocycles. The van der Waals surface area contributed by atoms with Crippen LogP contribution in [0.2, 0.25) is 0 Å². The molecule has 1 atom stereocenters. The first-order valence-corrected chi connectivity index (χ1v) is 8.90. The summed E-state index contributed by atoms with van der Waals surface area (Å²) in [6.45, 7) is 6.82. The maximum atomic E-state index is 11.6. The molecule has 1 rings (SSSR count). The van der Waals surface area contributed by atoms with Gasteiger partial charge in [0.05, 0.1) is 12.9 Å². The number of ether oxygens (including phenoxy) is 1. The van der Waals surface area contributed by atoms with Crippen molar-refractivity contribution in [1.29, 1.82) is 0 Å². The van der Waals surface area contributed by atoms with E-state index in [2.05, 4.69) is 12.2 Å². The zero-order valence-electron chi connectivity index (χ0n) is 13.0. The lowest BCUT2D eigenvalue weighted by molar-refractivity contribution is 0.408. The van der Waals surface area contributed by atoms with Crippen molar-refractivity contribution in [2.45, 2.75) is 33.2 Å². The predicted octanol–water partition coefficient (Wildman–Crippen LogP) is 2.40. The molecule has 5 heteroatoms. The molecule has 0 saturated heterocycles. The van der Waals surface area contributed by atoms with Crippen molar-refractivity contribution in [2.24, 2.45) is 0 Å². The third-order valence-electron chi connectivity index (χ3n) is 3.20. The number of benzene rings is 1. The lowest BCUT2D eigenvalue weighted by atomic mass is 10.0. The van der Waals surface area contributed by atoms with E-state index in [1.807, 2.05) is 26.0 Å². The summed E-state index contributed by atoms with van der Waals surface area (Å²) in [4.78, 5) is 0. The van der Waals surface area contributed by atoms with Gasteiger partial charge in [0, 0.05) is 12.3 Å². The van der Waals surface area contributed by atoms with E-state index >= 15 is 0 Å². The van der Waals surface area contributed by atoms with Crippen molar-refractivity contribution in [3.05, 3.63) is 28.8 Å². The molecule has 0 amide bonds. The van der Waals surface area contributed by atoms with Gasteiger partial charge in [-0.15, -0.1) is 0 Å². The number of rotatable bonds is 7.